The Morgan fingerprint density at radius 3 is 3.03 bits per heavy atom. The number of benzene rings is 1. The van der Waals surface area contributed by atoms with E-state index in [9.17, 15) is 4.79 Å². The van der Waals surface area contributed by atoms with Crippen LogP contribution < -0.4 is 21.1 Å². The second-order valence-electron chi connectivity index (χ2n) is 7.84. The van der Waals surface area contributed by atoms with Crippen molar-refractivity contribution in [3.63, 3.8) is 0 Å². The highest BCUT2D eigenvalue weighted by Crippen LogP contribution is 2.23. The second-order valence-corrected chi connectivity index (χ2v) is 7.84. The maximum Gasteiger partial charge on any atom is 0.274 e. The Labute approximate surface area is 182 Å². The van der Waals surface area contributed by atoms with E-state index in [4.69, 9.17) is 15.2 Å². The molecule has 0 unspecified atom stereocenters. The summed E-state index contributed by atoms with van der Waals surface area (Å²) in [6.07, 6.45) is 3.56. The van der Waals surface area contributed by atoms with Crippen LogP contribution in [0, 0.1) is 0 Å². The Morgan fingerprint density at radius 2 is 2.23 bits per heavy atom. The van der Waals surface area contributed by atoms with Crippen molar-refractivity contribution < 1.29 is 14.3 Å². The first kappa shape index (κ1) is 21.5. The van der Waals surface area contributed by atoms with Gasteiger partial charge in [-0.1, -0.05) is 12.1 Å². The first-order chi connectivity index (χ1) is 15.2. The number of rotatable bonds is 7. The monoisotopic (exact) mass is 426 g/mol. The Hall–Kier alpha value is -2.75. The van der Waals surface area contributed by atoms with Crippen molar-refractivity contribution in [2.45, 2.75) is 18.9 Å². The normalized spacial score (nSPS) is 19.7. The Balaban J connectivity index is 1.40. The summed E-state index contributed by atoms with van der Waals surface area (Å²) in [5.74, 6) is 0.588. The number of hydrogen-bond acceptors (Lipinski definition) is 8. The number of nitrogens with two attached hydrogens (primary N) is 1. The van der Waals surface area contributed by atoms with Crippen LogP contribution in [0.25, 0.3) is 11.3 Å². The van der Waals surface area contributed by atoms with Crippen molar-refractivity contribution in [2.75, 3.05) is 58.3 Å². The summed E-state index contributed by atoms with van der Waals surface area (Å²) >= 11 is 0. The van der Waals surface area contributed by atoms with Gasteiger partial charge >= 0.3 is 0 Å². The second kappa shape index (κ2) is 10.5. The quantitative estimate of drug-likeness (QED) is 0.599. The van der Waals surface area contributed by atoms with Gasteiger partial charge in [0.05, 0.1) is 25.1 Å². The molecule has 0 saturated carbocycles. The molecule has 0 aliphatic carbocycles. The molecule has 2 aliphatic heterocycles. The number of carbonyl (C=O) groups is 1. The van der Waals surface area contributed by atoms with E-state index in [1.165, 1.54) is 0 Å². The largest absolute Gasteiger partial charge is 0.492 e. The lowest BCUT2D eigenvalue weighted by Crippen LogP contribution is -2.46. The van der Waals surface area contributed by atoms with Crippen LogP contribution in [0.2, 0.25) is 0 Å². The van der Waals surface area contributed by atoms with Gasteiger partial charge in [0.25, 0.3) is 5.91 Å². The Kier molecular flexibility index (Phi) is 7.29. The molecule has 2 saturated heterocycles. The molecule has 1 amide bonds. The number of carbonyl (C=O) groups excluding carboxylic acids is 1. The summed E-state index contributed by atoms with van der Waals surface area (Å²) in [5, 5.41) is 6.29. The maximum absolute atomic E-state index is 12.7. The molecule has 166 valence electrons. The lowest BCUT2D eigenvalue weighted by Gasteiger charge is -2.26. The molecule has 0 spiro atoms. The van der Waals surface area contributed by atoms with Crippen molar-refractivity contribution in [3.8, 4) is 17.0 Å². The zero-order valence-corrected chi connectivity index (χ0v) is 17.7. The highest BCUT2D eigenvalue weighted by Gasteiger charge is 2.20. The van der Waals surface area contributed by atoms with E-state index in [-0.39, 0.29) is 23.5 Å². The minimum atomic E-state index is -0.293. The Bertz CT molecular complexity index is 881. The van der Waals surface area contributed by atoms with Gasteiger partial charge in [0, 0.05) is 37.8 Å². The van der Waals surface area contributed by atoms with Gasteiger partial charge in [-0.25, -0.2) is 9.97 Å². The molecule has 3 heterocycles. The predicted molar refractivity (Wildman–Crippen MR) is 118 cm³/mol. The van der Waals surface area contributed by atoms with Gasteiger partial charge in [0.15, 0.2) is 11.5 Å². The number of nitrogen functional groups attached to an aromatic ring is 1. The average Bonchev–Trinajstić information content (AvgIpc) is 2.81. The SMILES string of the molecule is Nc1ncc(-c2cccc(OCCN3CCOCC3)c2)nc1C(=O)N[C@H]1CCCNC1. The molecule has 1 aromatic carbocycles. The van der Waals surface area contributed by atoms with Crippen LogP contribution in [0.15, 0.2) is 30.5 Å². The molecular formula is C22H30N6O3. The fourth-order valence-electron chi connectivity index (χ4n) is 3.80. The summed E-state index contributed by atoms with van der Waals surface area (Å²) < 4.78 is 11.3. The number of morpholine rings is 1. The van der Waals surface area contributed by atoms with Gasteiger partial charge in [0.2, 0.25) is 0 Å². The van der Waals surface area contributed by atoms with Crippen molar-refractivity contribution >= 4 is 11.7 Å². The molecule has 2 aromatic rings. The predicted octanol–water partition coefficient (Wildman–Crippen LogP) is 0.919. The van der Waals surface area contributed by atoms with E-state index < -0.39 is 0 Å². The van der Waals surface area contributed by atoms with Crippen LogP contribution in [-0.4, -0.2) is 79.4 Å². The van der Waals surface area contributed by atoms with Crippen LogP contribution in [0.1, 0.15) is 23.3 Å². The fourth-order valence-corrected chi connectivity index (χ4v) is 3.80. The van der Waals surface area contributed by atoms with E-state index >= 15 is 0 Å². The summed E-state index contributed by atoms with van der Waals surface area (Å²) in [5.41, 5.74) is 7.51. The van der Waals surface area contributed by atoms with E-state index in [2.05, 4.69) is 25.5 Å². The third-order valence-corrected chi connectivity index (χ3v) is 5.56. The van der Waals surface area contributed by atoms with Crippen molar-refractivity contribution in [1.82, 2.24) is 25.5 Å². The molecule has 4 rings (SSSR count). The van der Waals surface area contributed by atoms with Crippen LogP contribution in [0.3, 0.4) is 0 Å². The van der Waals surface area contributed by atoms with E-state index in [1.54, 1.807) is 6.20 Å². The van der Waals surface area contributed by atoms with Crippen molar-refractivity contribution in [2.24, 2.45) is 0 Å². The number of ether oxygens (including phenoxy) is 2. The van der Waals surface area contributed by atoms with Gasteiger partial charge in [-0.15, -0.1) is 0 Å². The average molecular weight is 427 g/mol. The number of piperidine rings is 1. The smallest absolute Gasteiger partial charge is 0.274 e. The van der Waals surface area contributed by atoms with Crippen LogP contribution in [0.5, 0.6) is 5.75 Å². The molecule has 0 bridgehead atoms. The standard InChI is InChI=1S/C22H30N6O3/c23-21-20(22(29)26-17-4-2-6-24-14-17)27-19(15-25-21)16-3-1-5-18(13-16)31-12-9-28-7-10-30-11-8-28/h1,3,5,13,15,17,24H,2,4,6-12,14H2,(H2,23,25)(H,26,29)/t17-/m0/s1. The van der Waals surface area contributed by atoms with Crippen molar-refractivity contribution in [3.05, 3.63) is 36.2 Å². The van der Waals surface area contributed by atoms with Gasteiger partial charge < -0.3 is 25.8 Å². The summed E-state index contributed by atoms with van der Waals surface area (Å²) in [4.78, 5) is 23.7. The number of hydrogen-bond donors (Lipinski definition) is 3. The third-order valence-electron chi connectivity index (χ3n) is 5.56. The van der Waals surface area contributed by atoms with Crippen molar-refractivity contribution in [1.29, 1.82) is 0 Å². The topological polar surface area (TPSA) is 115 Å². The first-order valence-corrected chi connectivity index (χ1v) is 10.9. The highest BCUT2D eigenvalue weighted by molar-refractivity contribution is 5.97. The zero-order chi connectivity index (χ0) is 21.5. The van der Waals surface area contributed by atoms with Gasteiger partial charge in [-0.05, 0) is 31.5 Å². The molecule has 2 aliphatic rings. The molecule has 1 atom stereocenters. The molecule has 31 heavy (non-hydrogen) atoms. The van der Waals surface area contributed by atoms with E-state index in [0.29, 0.717) is 12.3 Å². The lowest BCUT2D eigenvalue weighted by molar-refractivity contribution is 0.0322. The molecule has 0 radical (unpaired) electrons. The summed E-state index contributed by atoms with van der Waals surface area (Å²) in [7, 11) is 0. The molecule has 4 N–H and O–H groups in total. The number of nitrogens with zero attached hydrogens (tertiary/aromatic N) is 3. The molecular weight excluding hydrogens is 396 g/mol. The first-order valence-electron chi connectivity index (χ1n) is 10.9. The summed E-state index contributed by atoms with van der Waals surface area (Å²) in [6, 6.07) is 7.73. The highest BCUT2D eigenvalue weighted by atomic mass is 16.5. The number of aromatic nitrogens is 2. The van der Waals surface area contributed by atoms with Gasteiger partial charge in [-0.3, -0.25) is 9.69 Å². The Morgan fingerprint density at radius 1 is 1.35 bits per heavy atom. The number of amides is 1. The molecule has 9 nitrogen and oxygen atoms in total. The van der Waals surface area contributed by atoms with Gasteiger partial charge in [-0.2, -0.15) is 0 Å². The number of nitrogens with one attached hydrogen (secondary N) is 2. The van der Waals surface area contributed by atoms with Crippen LogP contribution in [-0.2, 0) is 4.74 Å². The molecule has 2 fully saturated rings. The van der Waals surface area contributed by atoms with Crippen LogP contribution >= 0.6 is 0 Å². The van der Waals surface area contributed by atoms with Gasteiger partial charge in [0.1, 0.15) is 12.4 Å². The number of anilines is 1. The summed E-state index contributed by atoms with van der Waals surface area (Å²) in [6.45, 7) is 6.61. The van der Waals surface area contributed by atoms with E-state index in [1.807, 2.05) is 24.3 Å². The zero-order valence-electron chi connectivity index (χ0n) is 17.7. The third kappa shape index (κ3) is 5.90. The minimum Gasteiger partial charge on any atom is -0.492 e. The fraction of sp³-hybridized carbons (Fsp3) is 0.500. The van der Waals surface area contributed by atoms with Crippen LogP contribution in [0.4, 0.5) is 5.82 Å². The lowest BCUT2D eigenvalue weighted by atomic mass is 10.1. The molecule has 9 heteroatoms. The minimum absolute atomic E-state index is 0.0781. The van der Waals surface area contributed by atoms with E-state index in [0.717, 1.165) is 70.1 Å². The molecule has 1 aromatic heterocycles. The maximum atomic E-state index is 12.7.